The number of nitrogens with zero attached hydrogens (tertiary/aromatic N) is 2. The SMILES string of the molecule is C#CCN(CC(=O)O)C(=O)Nc1cc(C#N)ccc1Cl. The monoisotopic (exact) mass is 291 g/mol. The van der Waals surface area contributed by atoms with E-state index in [9.17, 15) is 9.59 Å². The summed E-state index contributed by atoms with van der Waals surface area (Å²) in [5, 5.41) is 20.1. The summed E-state index contributed by atoms with van der Waals surface area (Å²) in [6, 6.07) is 5.53. The molecule has 0 heterocycles. The van der Waals surface area contributed by atoms with Gasteiger partial charge in [0.2, 0.25) is 0 Å². The minimum absolute atomic E-state index is 0.159. The molecule has 0 saturated carbocycles. The molecule has 20 heavy (non-hydrogen) atoms. The van der Waals surface area contributed by atoms with Gasteiger partial charge in [0.25, 0.3) is 0 Å². The molecule has 0 aliphatic heterocycles. The summed E-state index contributed by atoms with van der Waals surface area (Å²) in [6.07, 6.45) is 5.08. The lowest BCUT2D eigenvalue weighted by molar-refractivity contribution is -0.137. The second-order valence-corrected chi connectivity index (χ2v) is 4.10. The lowest BCUT2D eigenvalue weighted by atomic mass is 10.2. The van der Waals surface area contributed by atoms with E-state index in [2.05, 4.69) is 11.2 Å². The highest BCUT2D eigenvalue weighted by molar-refractivity contribution is 6.33. The Morgan fingerprint density at radius 3 is 2.75 bits per heavy atom. The maximum Gasteiger partial charge on any atom is 0.323 e. The first-order chi connectivity index (χ1) is 9.47. The van der Waals surface area contributed by atoms with E-state index in [4.69, 9.17) is 28.4 Å². The van der Waals surface area contributed by atoms with Crippen LogP contribution in [0.15, 0.2) is 18.2 Å². The Labute approximate surface area is 120 Å². The van der Waals surface area contributed by atoms with Crippen molar-refractivity contribution in [2.45, 2.75) is 0 Å². The number of carboxylic acids is 1. The molecule has 0 aliphatic rings. The van der Waals surface area contributed by atoms with Gasteiger partial charge < -0.3 is 15.3 Å². The van der Waals surface area contributed by atoms with Crippen molar-refractivity contribution in [3.63, 3.8) is 0 Å². The predicted molar refractivity (Wildman–Crippen MR) is 73.2 cm³/mol. The van der Waals surface area contributed by atoms with Gasteiger partial charge >= 0.3 is 12.0 Å². The number of carbonyl (C=O) groups excluding carboxylic acids is 1. The van der Waals surface area contributed by atoms with E-state index in [1.54, 1.807) is 0 Å². The molecule has 1 aromatic carbocycles. The molecule has 0 saturated heterocycles. The van der Waals surface area contributed by atoms with Crippen molar-refractivity contribution >= 4 is 29.3 Å². The van der Waals surface area contributed by atoms with Crippen LogP contribution in [0.4, 0.5) is 10.5 Å². The van der Waals surface area contributed by atoms with E-state index in [0.29, 0.717) is 5.56 Å². The fourth-order valence-corrected chi connectivity index (χ4v) is 1.52. The molecule has 2 amide bonds. The summed E-state index contributed by atoms with van der Waals surface area (Å²) in [7, 11) is 0. The molecule has 6 nitrogen and oxygen atoms in total. The number of benzene rings is 1. The van der Waals surface area contributed by atoms with Gasteiger partial charge in [-0.3, -0.25) is 4.79 Å². The van der Waals surface area contributed by atoms with Gasteiger partial charge in [-0.1, -0.05) is 17.5 Å². The third-order valence-electron chi connectivity index (χ3n) is 2.23. The fourth-order valence-electron chi connectivity index (χ4n) is 1.36. The number of hydrogen-bond acceptors (Lipinski definition) is 3. The van der Waals surface area contributed by atoms with E-state index < -0.39 is 18.5 Å². The first-order valence-corrected chi connectivity index (χ1v) is 5.76. The number of amides is 2. The molecule has 0 bridgehead atoms. The molecule has 102 valence electrons. The zero-order valence-corrected chi connectivity index (χ0v) is 11.0. The van der Waals surface area contributed by atoms with Crippen molar-refractivity contribution < 1.29 is 14.7 Å². The Morgan fingerprint density at radius 2 is 2.20 bits per heavy atom. The average Bonchev–Trinajstić information content (AvgIpc) is 2.40. The molecule has 0 fully saturated rings. The minimum atomic E-state index is -1.19. The van der Waals surface area contributed by atoms with E-state index in [1.165, 1.54) is 18.2 Å². The summed E-state index contributed by atoms with van der Waals surface area (Å²) in [5.74, 6) is 1.01. The van der Waals surface area contributed by atoms with Crippen molar-refractivity contribution in [1.82, 2.24) is 4.90 Å². The van der Waals surface area contributed by atoms with Gasteiger partial charge in [-0.05, 0) is 18.2 Å². The van der Waals surface area contributed by atoms with Crippen LogP contribution in [0.5, 0.6) is 0 Å². The third kappa shape index (κ3) is 4.20. The van der Waals surface area contributed by atoms with Crippen LogP contribution in [0.2, 0.25) is 5.02 Å². The molecule has 0 atom stereocenters. The molecular formula is C13H10ClN3O3. The van der Waals surface area contributed by atoms with E-state index in [1.807, 2.05) is 6.07 Å². The number of halogens is 1. The van der Waals surface area contributed by atoms with Gasteiger partial charge in [0.15, 0.2) is 0 Å². The molecule has 0 aromatic heterocycles. The molecule has 0 spiro atoms. The molecule has 0 aliphatic carbocycles. The molecule has 0 radical (unpaired) electrons. The number of carbonyl (C=O) groups is 2. The highest BCUT2D eigenvalue weighted by Crippen LogP contribution is 2.23. The van der Waals surface area contributed by atoms with Crippen LogP contribution in [0.3, 0.4) is 0 Å². The number of rotatable bonds is 4. The van der Waals surface area contributed by atoms with Crippen LogP contribution in [-0.2, 0) is 4.79 Å². The summed E-state index contributed by atoms with van der Waals surface area (Å²) < 4.78 is 0. The maximum atomic E-state index is 11.9. The summed E-state index contributed by atoms with van der Waals surface area (Å²) >= 11 is 5.89. The zero-order chi connectivity index (χ0) is 15.1. The van der Waals surface area contributed by atoms with Gasteiger partial charge in [0.1, 0.15) is 6.54 Å². The number of carboxylic acid groups (broad SMARTS) is 1. The largest absolute Gasteiger partial charge is 0.480 e. The number of hydrogen-bond donors (Lipinski definition) is 2. The van der Waals surface area contributed by atoms with Gasteiger partial charge in [-0.2, -0.15) is 5.26 Å². The van der Waals surface area contributed by atoms with Crippen molar-refractivity contribution in [3.8, 4) is 18.4 Å². The molecule has 1 aromatic rings. The Morgan fingerprint density at radius 1 is 1.50 bits per heavy atom. The lowest BCUT2D eigenvalue weighted by Crippen LogP contribution is -2.39. The number of terminal acetylenes is 1. The zero-order valence-electron chi connectivity index (χ0n) is 10.3. The normalized spacial score (nSPS) is 9.15. The average molecular weight is 292 g/mol. The van der Waals surface area contributed by atoms with Gasteiger partial charge in [-0.25, -0.2) is 4.79 Å². The Bertz CT molecular complexity index is 616. The third-order valence-corrected chi connectivity index (χ3v) is 2.56. The van der Waals surface area contributed by atoms with Crippen LogP contribution in [0.1, 0.15) is 5.56 Å². The predicted octanol–water partition coefficient (Wildman–Crippen LogP) is 1.76. The summed E-state index contributed by atoms with van der Waals surface area (Å²) in [4.78, 5) is 23.5. The molecule has 1 rings (SSSR count). The number of aliphatic carboxylic acids is 1. The van der Waals surface area contributed by atoms with Gasteiger partial charge in [0.05, 0.1) is 28.9 Å². The highest BCUT2D eigenvalue weighted by atomic mass is 35.5. The van der Waals surface area contributed by atoms with Crippen LogP contribution in [-0.4, -0.2) is 35.1 Å². The van der Waals surface area contributed by atoms with Crippen molar-refractivity contribution in [2.24, 2.45) is 0 Å². The van der Waals surface area contributed by atoms with E-state index in [0.717, 1.165) is 4.90 Å². The standard InChI is InChI=1S/C13H10ClN3O3/c1-2-5-17(8-12(18)19)13(20)16-11-6-9(7-15)3-4-10(11)14/h1,3-4,6H,5,8H2,(H,16,20)(H,18,19). The Kier molecular flexibility index (Phi) is 5.40. The second-order valence-electron chi connectivity index (χ2n) is 3.69. The lowest BCUT2D eigenvalue weighted by Gasteiger charge is -2.19. The van der Waals surface area contributed by atoms with E-state index in [-0.39, 0.29) is 17.3 Å². The second kappa shape index (κ2) is 7.03. The van der Waals surface area contributed by atoms with E-state index >= 15 is 0 Å². The van der Waals surface area contributed by atoms with Crippen LogP contribution < -0.4 is 5.32 Å². The smallest absolute Gasteiger partial charge is 0.323 e. The Hall–Kier alpha value is -2.70. The summed E-state index contributed by atoms with van der Waals surface area (Å²) in [6.45, 7) is -0.695. The van der Waals surface area contributed by atoms with Gasteiger partial charge in [0, 0.05) is 0 Å². The first-order valence-electron chi connectivity index (χ1n) is 5.38. The van der Waals surface area contributed by atoms with Crippen molar-refractivity contribution in [2.75, 3.05) is 18.4 Å². The molecule has 2 N–H and O–H groups in total. The molecule has 0 unspecified atom stereocenters. The highest BCUT2D eigenvalue weighted by Gasteiger charge is 2.17. The van der Waals surface area contributed by atoms with Crippen LogP contribution in [0.25, 0.3) is 0 Å². The maximum absolute atomic E-state index is 11.9. The fraction of sp³-hybridized carbons (Fsp3) is 0.154. The topological polar surface area (TPSA) is 93.4 Å². The quantitative estimate of drug-likeness (QED) is 0.827. The van der Waals surface area contributed by atoms with Gasteiger partial charge in [-0.15, -0.1) is 6.42 Å². The van der Waals surface area contributed by atoms with Crippen molar-refractivity contribution in [1.29, 1.82) is 5.26 Å². The number of urea groups is 1. The first kappa shape index (κ1) is 15.4. The van der Waals surface area contributed by atoms with Crippen molar-refractivity contribution in [3.05, 3.63) is 28.8 Å². The van der Waals surface area contributed by atoms with Crippen LogP contribution >= 0.6 is 11.6 Å². The number of nitriles is 1. The number of anilines is 1. The molecule has 7 heteroatoms. The minimum Gasteiger partial charge on any atom is -0.480 e. The Balaban J connectivity index is 2.91. The molecular weight excluding hydrogens is 282 g/mol. The van der Waals surface area contributed by atoms with Crippen LogP contribution in [0, 0.1) is 23.7 Å². The number of nitrogens with one attached hydrogen (secondary N) is 1. The summed E-state index contributed by atoms with van der Waals surface area (Å²) in [5.41, 5.74) is 0.523.